The molecule has 1 aromatic rings. The molecule has 0 fully saturated rings. The number of aryl methyl sites for hydroxylation is 1. The number of nitrogens with two attached hydrogens (primary N) is 1. The molecule has 0 aliphatic rings. The van der Waals surface area contributed by atoms with E-state index < -0.39 is 5.54 Å². The minimum atomic E-state index is -0.865. The summed E-state index contributed by atoms with van der Waals surface area (Å²) in [7, 11) is 0. The Hall–Kier alpha value is -1.29. The largest absolute Gasteiger partial charge is 0.464 e. The molecule has 0 radical (unpaired) electrons. The summed E-state index contributed by atoms with van der Waals surface area (Å²) in [5, 5.41) is 2.79. The lowest BCUT2D eigenvalue weighted by atomic mass is 10.1. The highest BCUT2D eigenvalue weighted by molar-refractivity contribution is 5.85. The highest BCUT2D eigenvalue weighted by atomic mass is 16.3. The van der Waals surface area contributed by atoms with E-state index in [2.05, 4.69) is 5.32 Å². The van der Waals surface area contributed by atoms with Crippen molar-refractivity contribution in [1.82, 2.24) is 5.32 Å². The fourth-order valence-electron chi connectivity index (χ4n) is 1.14. The molecule has 1 rings (SSSR count). The molecule has 84 valence electrons. The van der Waals surface area contributed by atoms with Crippen LogP contribution in [0, 0.1) is 6.92 Å². The van der Waals surface area contributed by atoms with Crippen LogP contribution in [0.4, 0.5) is 0 Å². The molecule has 1 aromatic heterocycles. The normalized spacial score (nSPS) is 13.7. The van der Waals surface area contributed by atoms with Gasteiger partial charge in [-0.05, 0) is 39.8 Å². The third-order valence-electron chi connectivity index (χ3n) is 2.12. The van der Waals surface area contributed by atoms with Crippen molar-refractivity contribution in [2.75, 3.05) is 0 Å². The molecule has 15 heavy (non-hydrogen) atoms. The fourth-order valence-corrected chi connectivity index (χ4v) is 1.14. The first-order valence-electron chi connectivity index (χ1n) is 4.97. The number of carbonyl (C=O) groups excluding carboxylic acids is 1. The van der Waals surface area contributed by atoms with Crippen molar-refractivity contribution < 1.29 is 9.21 Å². The molecule has 4 heteroatoms. The second-order valence-corrected chi connectivity index (χ2v) is 4.37. The van der Waals surface area contributed by atoms with Crippen LogP contribution in [0.1, 0.15) is 38.3 Å². The van der Waals surface area contributed by atoms with Crippen LogP contribution in [0.2, 0.25) is 0 Å². The van der Waals surface area contributed by atoms with Gasteiger partial charge in [0, 0.05) is 0 Å². The number of hydrogen-bond acceptors (Lipinski definition) is 3. The Morgan fingerprint density at radius 2 is 2.13 bits per heavy atom. The Kier molecular flexibility index (Phi) is 3.19. The SMILES string of the molecule is Cc1ccc(C(C)NC(=O)C(C)(C)N)o1. The van der Waals surface area contributed by atoms with Crippen LogP contribution in [0.25, 0.3) is 0 Å². The van der Waals surface area contributed by atoms with E-state index in [1.807, 2.05) is 26.0 Å². The second kappa shape index (κ2) is 4.06. The smallest absolute Gasteiger partial charge is 0.240 e. The summed E-state index contributed by atoms with van der Waals surface area (Å²) in [6.45, 7) is 7.07. The summed E-state index contributed by atoms with van der Waals surface area (Å²) in [6, 6.07) is 3.56. The minimum Gasteiger partial charge on any atom is -0.464 e. The summed E-state index contributed by atoms with van der Waals surface area (Å²) < 4.78 is 5.40. The Balaban J connectivity index is 2.64. The van der Waals surface area contributed by atoms with Gasteiger partial charge in [0.25, 0.3) is 0 Å². The van der Waals surface area contributed by atoms with Gasteiger partial charge in [-0.1, -0.05) is 0 Å². The van der Waals surface area contributed by atoms with Gasteiger partial charge in [-0.3, -0.25) is 4.79 Å². The minimum absolute atomic E-state index is 0.158. The van der Waals surface area contributed by atoms with Crippen molar-refractivity contribution in [3.05, 3.63) is 23.7 Å². The van der Waals surface area contributed by atoms with Gasteiger partial charge >= 0.3 is 0 Å². The van der Waals surface area contributed by atoms with Gasteiger partial charge in [0.1, 0.15) is 11.5 Å². The average molecular weight is 210 g/mol. The number of nitrogens with one attached hydrogen (secondary N) is 1. The molecule has 0 bridgehead atoms. The Bertz CT molecular complexity index is 350. The molecule has 4 nitrogen and oxygen atoms in total. The molecular weight excluding hydrogens is 192 g/mol. The van der Waals surface area contributed by atoms with Crippen LogP contribution in [-0.2, 0) is 4.79 Å². The van der Waals surface area contributed by atoms with Crippen molar-refractivity contribution in [1.29, 1.82) is 0 Å². The number of amides is 1. The molecule has 0 aliphatic heterocycles. The van der Waals surface area contributed by atoms with E-state index in [1.165, 1.54) is 0 Å². The van der Waals surface area contributed by atoms with Crippen molar-refractivity contribution in [3.63, 3.8) is 0 Å². The molecule has 0 spiro atoms. The molecule has 0 aromatic carbocycles. The zero-order valence-electron chi connectivity index (χ0n) is 9.63. The lowest BCUT2D eigenvalue weighted by Crippen LogP contribution is -2.49. The Morgan fingerprint density at radius 1 is 1.53 bits per heavy atom. The van der Waals surface area contributed by atoms with E-state index in [4.69, 9.17) is 10.2 Å². The predicted molar refractivity (Wildman–Crippen MR) is 58.3 cm³/mol. The first kappa shape index (κ1) is 11.8. The first-order valence-corrected chi connectivity index (χ1v) is 4.97. The van der Waals surface area contributed by atoms with E-state index in [9.17, 15) is 4.79 Å². The summed E-state index contributed by atoms with van der Waals surface area (Å²) in [5.41, 5.74) is 4.80. The van der Waals surface area contributed by atoms with Crippen molar-refractivity contribution in [2.24, 2.45) is 5.73 Å². The maximum Gasteiger partial charge on any atom is 0.240 e. The molecule has 0 saturated carbocycles. The molecule has 0 aliphatic carbocycles. The molecule has 1 heterocycles. The van der Waals surface area contributed by atoms with Gasteiger partial charge in [0.2, 0.25) is 5.91 Å². The molecule has 1 amide bonds. The van der Waals surface area contributed by atoms with Crippen LogP contribution in [0.3, 0.4) is 0 Å². The third kappa shape index (κ3) is 3.09. The summed E-state index contributed by atoms with van der Waals surface area (Å²) in [4.78, 5) is 11.6. The topological polar surface area (TPSA) is 68.3 Å². The maximum absolute atomic E-state index is 11.6. The third-order valence-corrected chi connectivity index (χ3v) is 2.12. The molecule has 1 atom stereocenters. The van der Waals surface area contributed by atoms with Gasteiger partial charge in [0.05, 0.1) is 11.6 Å². The summed E-state index contributed by atoms with van der Waals surface area (Å²) in [6.07, 6.45) is 0. The molecule has 0 saturated heterocycles. The zero-order valence-corrected chi connectivity index (χ0v) is 9.63. The lowest BCUT2D eigenvalue weighted by Gasteiger charge is -2.20. The predicted octanol–water partition coefficient (Wildman–Crippen LogP) is 1.50. The molecule has 3 N–H and O–H groups in total. The van der Waals surface area contributed by atoms with Gasteiger partial charge in [-0.15, -0.1) is 0 Å². The summed E-state index contributed by atoms with van der Waals surface area (Å²) >= 11 is 0. The Morgan fingerprint density at radius 3 is 2.53 bits per heavy atom. The number of carbonyl (C=O) groups is 1. The van der Waals surface area contributed by atoms with E-state index in [0.717, 1.165) is 11.5 Å². The van der Waals surface area contributed by atoms with Crippen LogP contribution < -0.4 is 11.1 Å². The van der Waals surface area contributed by atoms with E-state index in [0.29, 0.717) is 0 Å². The highest BCUT2D eigenvalue weighted by Crippen LogP contribution is 2.16. The number of furan rings is 1. The number of hydrogen-bond donors (Lipinski definition) is 2. The van der Waals surface area contributed by atoms with Crippen LogP contribution >= 0.6 is 0 Å². The standard InChI is InChI=1S/C11H18N2O2/c1-7-5-6-9(15-7)8(2)13-10(14)11(3,4)12/h5-6,8H,12H2,1-4H3,(H,13,14). The van der Waals surface area contributed by atoms with E-state index in [-0.39, 0.29) is 11.9 Å². The lowest BCUT2D eigenvalue weighted by molar-refractivity contribution is -0.126. The maximum atomic E-state index is 11.6. The van der Waals surface area contributed by atoms with Gasteiger partial charge < -0.3 is 15.5 Å². The summed E-state index contributed by atoms with van der Waals surface area (Å²) in [5.74, 6) is 1.38. The van der Waals surface area contributed by atoms with Gasteiger partial charge in [0.15, 0.2) is 0 Å². The fraction of sp³-hybridized carbons (Fsp3) is 0.545. The van der Waals surface area contributed by atoms with Crippen LogP contribution in [0.5, 0.6) is 0 Å². The van der Waals surface area contributed by atoms with E-state index in [1.54, 1.807) is 13.8 Å². The van der Waals surface area contributed by atoms with Gasteiger partial charge in [-0.2, -0.15) is 0 Å². The second-order valence-electron chi connectivity index (χ2n) is 4.37. The van der Waals surface area contributed by atoms with Crippen LogP contribution in [0.15, 0.2) is 16.5 Å². The Labute approximate surface area is 89.8 Å². The quantitative estimate of drug-likeness (QED) is 0.794. The molecule has 1 unspecified atom stereocenters. The number of rotatable bonds is 3. The van der Waals surface area contributed by atoms with Crippen molar-refractivity contribution >= 4 is 5.91 Å². The monoisotopic (exact) mass is 210 g/mol. The first-order chi connectivity index (χ1) is 6.80. The highest BCUT2D eigenvalue weighted by Gasteiger charge is 2.24. The van der Waals surface area contributed by atoms with Gasteiger partial charge in [-0.25, -0.2) is 0 Å². The van der Waals surface area contributed by atoms with E-state index >= 15 is 0 Å². The average Bonchev–Trinajstić information content (AvgIpc) is 2.50. The van der Waals surface area contributed by atoms with Crippen molar-refractivity contribution in [2.45, 2.75) is 39.3 Å². The zero-order chi connectivity index (χ0) is 11.6. The van der Waals surface area contributed by atoms with Crippen molar-refractivity contribution in [3.8, 4) is 0 Å². The van der Waals surface area contributed by atoms with Crippen LogP contribution in [-0.4, -0.2) is 11.4 Å². The molecular formula is C11H18N2O2.